The molecule has 45 heavy (non-hydrogen) atoms. The summed E-state index contributed by atoms with van der Waals surface area (Å²) in [5.74, 6) is -1.02. The Balaban J connectivity index is 1.82. The first-order chi connectivity index (χ1) is 21.5. The molecule has 0 radical (unpaired) electrons. The van der Waals surface area contributed by atoms with Crippen LogP contribution in [0, 0.1) is 0 Å². The van der Waals surface area contributed by atoms with Gasteiger partial charge in [-0.25, -0.2) is 8.42 Å². The van der Waals surface area contributed by atoms with E-state index in [1.807, 2.05) is 37.3 Å². The van der Waals surface area contributed by atoms with E-state index in [0.29, 0.717) is 28.6 Å². The molecule has 4 aromatic carbocycles. The minimum Gasteiger partial charge on any atom is -0.354 e. The summed E-state index contributed by atoms with van der Waals surface area (Å²) in [6.45, 7) is 1.60. The van der Waals surface area contributed by atoms with Crippen LogP contribution >= 0.6 is 46.4 Å². The van der Waals surface area contributed by atoms with Crippen LogP contribution in [0.25, 0.3) is 0 Å². The summed E-state index contributed by atoms with van der Waals surface area (Å²) in [6.07, 6.45) is 0.860. The zero-order chi connectivity index (χ0) is 32.6. The molecule has 236 valence electrons. The van der Waals surface area contributed by atoms with Crippen molar-refractivity contribution in [3.63, 3.8) is 0 Å². The Morgan fingerprint density at radius 2 is 1.44 bits per heavy atom. The number of halogens is 4. The number of sulfonamides is 1. The monoisotopic (exact) mass is 705 g/mol. The van der Waals surface area contributed by atoms with Gasteiger partial charge in [0.1, 0.15) is 12.6 Å². The van der Waals surface area contributed by atoms with E-state index in [2.05, 4.69) is 5.32 Å². The highest BCUT2D eigenvalue weighted by atomic mass is 35.5. The molecule has 0 heterocycles. The van der Waals surface area contributed by atoms with Gasteiger partial charge in [-0.05, 0) is 60.0 Å². The molecule has 0 saturated carbocycles. The molecule has 12 heteroatoms. The third-order valence-corrected chi connectivity index (χ3v) is 10.00. The number of hydrogen-bond donors (Lipinski definition) is 1. The quantitative estimate of drug-likeness (QED) is 0.155. The topological polar surface area (TPSA) is 86.8 Å². The molecule has 0 aliphatic carbocycles. The molecule has 7 nitrogen and oxygen atoms in total. The van der Waals surface area contributed by atoms with E-state index < -0.39 is 28.5 Å². The Hall–Kier alpha value is -3.27. The van der Waals surface area contributed by atoms with Crippen molar-refractivity contribution in [3.05, 3.63) is 128 Å². The summed E-state index contributed by atoms with van der Waals surface area (Å²) in [4.78, 5) is 29.5. The van der Waals surface area contributed by atoms with Gasteiger partial charge in [0, 0.05) is 24.5 Å². The van der Waals surface area contributed by atoms with Crippen molar-refractivity contribution in [1.82, 2.24) is 10.2 Å². The van der Waals surface area contributed by atoms with E-state index in [-0.39, 0.29) is 39.5 Å². The summed E-state index contributed by atoms with van der Waals surface area (Å²) < 4.78 is 29.1. The molecule has 1 N–H and O–H groups in total. The molecular weight excluding hydrogens is 676 g/mol. The van der Waals surface area contributed by atoms with Crippen LogP contribution in [0.15, 0.2) is 102 Å². The number of benzene rings is 4. The van der Waals surface area contributed by atoms with Crippen LogP contribution in [-0.4, -0.2) is 44.3 Å². The SMILES string of the molecule is CCCNC(=O)[C@@H](Cc1ccccc1)N(Cc1ccc(Cl)c(Cl)c1)C(=O)CN(c1ccc(Cl)cc1Cl)S(=O)(=O)c1ccccc1. The number of rotatable bonds is 13. The molecule has 2 amide bonds. The second-order valence-electron chi connectivity index (χ2n) is 10.2. The molecule has 0 spiro atoms. The fourth-order valence-corrected chi connectivity index (χ4v) is 7.01. The number of carbonyl (C=O) groups is 2. The first-order valence-electron chi connectivity index (χ1n) is 14.1. The van der Waals surface area contributed by atoms with Gasteiger partial charge in [0.2, 0.25) is 11.8 Å². The van der Waals surface area contributed by atoms with E-state index >= 15 is 0 Å². The second kappa shape index (κ2) is 15.8. The van der Waals surface area contributed by atoms with Crippen molar-refractivity contribution >= 4 is 73.9 Å². The van der Waals surface area contributed by atoms with Crippen LogP contribution in [0.2, 0.25) is 20.1 Å². The number of carbonyl (C=O) groups excluding carboxylic acids is 2. The average molecular weight is 708 g/mol. The highest BCUT2D eigenvalue weighted by Crippen LogP contribution is 2.33. The van der Waals surface area contributed by atoms with Gasteiger partial charge in [-0.15, -0.1) is 0 Å². The van der Waals surface area contributed by atoms with Gasteiger partial charge in [-0.3, -0.25) is 13.9 Å². The smallest absolute Gasteiger partial charge is 0.264 e. The Morgan fingerprint density at radius 3 is 2.07 bits per heavy atom. The lowest BCUT2D eigenvalue weighted by atomic mass is 10.0. The Bertz CT molecular complexity index is 1740. The number of hydrogen-bond acceptors (Lipinski definition) is 4. The maximum atomic E-state index is 14.5. The maximum Gasteiger partial charge on any atom is 0.264 e. The standard InChI is InChI=1S/C33H31Cl4N3O4S/c1-2-17-38-33(42)31(19-23-9-5-3-6-10-23)39(21-24-13-15-27(35)28(36)18-24)32(41)22-40(30-16-14-25(34)20-29(30)37)45(43,44)26-11-7-4-8-12-26/h3-16,18,20,31H,2,17,19,21-22H2,1H3,(H,38,42)/t31-/m1/s1. The number of nitrogens with zero attached hydrogens (tertiary/aromatic N) is 2. The highest BCUT2D eigenvalue weighted by molar-refractivity contribution is 7.92. The zero-order valence-corrected chi connectivity index (χ0v) is 28.1. The van der Waals surface area contributed by atoms with Gasteiger partial charge in [0.15, 0.2) is 0 Å². The third kappa shape index (κ3) is 8.93. The molecule has 1 atom stereocenters. The minimum atomic E-state index is -4.30. The van der Waals surface area contributed by atoms with Crippen molar-refractivity contribution in [3.8, 4) is 0 Å². The van der Waals surface area contributed by atoms with E-state index in [1.54, 1.807) is 36.4 Å². The lowest BCUT2D eigenvalue weighted by molar-refractivity contribution is -0.140. The summed E-state index contributed by atoms with van der Waals surface area (Å²) in [5, 5.41) is 3.84. The Kier molecular flexibility index (Phi) is 12.2. The van der Waals surface area contributed by atoms with Crippen molar-refractivity contribution in [2.24, 2.45) is 0 Å². The third-order valence-electron chi connectivity index (χ3n) is 6.95. The summed E-state index contributed by atoms with van der Waals surface area (Å²) in [5.41, 5.74) is 1.47. The van der Waals surface area contributed by atoms with Crippen LogP contribution in [0.4, 0.5) is 5.69 Å². The normalized spacial score (nSPS) is 11.9. The molecular formula is C33H31Cl4N3O4S. The summed E-state index contributed by atoms with van der Waals surface area (Å²) >= 11 is 25.1. The van der Waals surface area contributed by atoms with Gasteiger partial charge in [-0.2, -0.15) is 0 Å². The molecule has 0 fully saturated rings. The molecule has 0 saturated heterocycles. The number of amides is 2. The average Bonchev–Trinajstić information content (AvgIpc) is 3.03. The zero-order valence-electron chi connectivity index (χ0n) is 24.3. The number of nitrogens with one attached hydrogen (secondary N) is 1. The van der Waals surface area contributed by atoms with Crippen LogP contribution < -0.4 is 9.62 Å². The van der Waals surface area contributed by atoms with Crippen molar-refractivity contribution in [1.29, 1.82) is 0 Å². The molecule has 0 aliphatic rings. The van der Waals surface area contributed by atoms with Gasteiger partial charge in [-0.1, -0.05) is 108 Å². The van der Waals surface area contributed by atoms with E-state index in [4.69, 9.17) is 46.4 Å². The van der Waals surface area contributed by atoms with Crippen molar-refractivity contribution in [2.45, 2.75) is 37.2 Å². The van der Waals surface area contributed by atoms with Gasteiger partial charge < -0.3 is 10.2 Å². The van der Waals surface area contributed by atoms with Crippen LogP contribution in [0.5, 0.6) is 0 Å². The molecule has 0 bridgehead atoms. The Labute approximate surface area is 283 Å². The summed E-state index contributed by atoms with van der Waals surface area (Å²) in [6, 6.07) is 25.2. The largest absolute Gasteiger partial charge is 0.354 e. The highest BCUT2D eigenvalue weighted by Gasteiger charge is 2.35. The van der Waals surface area contributed by atoms with Gasteiger partial charge in [0.25, 0.3) is 10.0 Å². The number of anilines is 1. The van der Waals surface area contributed by atoms with E-state index in [0.717, 1.165) is 9.87 Å². The molecule has 0 unspecified atom stereocenters. The minimum absolute atomic E-state index is 0.0346. The molecule has 4 rings (SSSR count). The van der Waals surface area contributed by atoms with E-state index in [9.17, 15) is 18.0 Å². The van der Waals surface area contributed by atoms with E-state index in [1.165, 1.54) is 35.2 Å². The van der Waals surface area contributed by atoms with Crippen LogP contribution in [0.3, 0.4) is 0 Å². The first-order valence-corrected chi connectivity index (χ1v) is 17.0. The Morgan fingerprint density at radius 1 is 0.778 bits per heavy atom. The second-order valence-corrected chi connectivity index (χ2v) is 13.7. The van der Waals surface area contributed by atoms with Crippen LogP contribution in [0.1, 0.15) is 24.5 Å². The van der Waals surface area contributed by atoms with Crippen LogP contribution in [-0.2, 0) is 32.6 Å². The maximum absolute atomic E-state index is 14.5. The molecule has 0 aliphatic heterocycles. The fraction of sp³-hybridized carbons (Fsp3) is 0.212. The summed E-state index contributed by atoms with van der Waals surface area (Å²) in [7, 11) is -4.30. The first kappa shape index (κ1) is 34.6. The fourth-order valence-electron chi connectivity index (χ4n) is 4.67. The predicted molar refractivity (Wildman–Crippen MR) is 182 cm³/mol. The predicted octanol–water partition coefficient (Wildman–Crippen LogP) is 7.66. The van der Waals surface area contributed by atoms with Gasteiger partial charge >= 0.3 is 0 Å². The van der Waals surface area contributed by atoms with Crippen molar-refractivity contribution in [2.75, 3.05) is 17.4 Å². The van der Waals surface area contributed by atoms with Gasteiger partial charge in [0.05, 0.1) is 25.7 Å². The lowest BCUT2D eigenvalue weighted by Gasteiger charge is -2.34. The molecule has 4 aromatic rings. The van der Waals surface area contributed by atoms with Crippen molar-refractivity contribution < 1.29 is 18.0 Å². The molecule has 0 aromatic heterocycles. The lowest BCUT2D eigenvalue weighted by Crippen LogP contribution is -2.53.